The van der Waals surface area contributed by atoms with E-state index in [1.807, 2.05) is 20.8 Å². The SMILES string of the molecule is Cc1c(C(C)(C)N)ccc(F)c1Br. The second kappa shape index (κ2) is 3.39. The Labute approximate surface area is 86.3 Å². The maximum Gasteiger partial charge on any atom is 0.137 e. The molecule has 0 bridgehead atoms. The van der Waals surface area contributed by atoms with E-state index in [0.29, 0.717) is 4.47 Å². The molecular formula is C10H13BrFN. The summed E-state index contributed by atoms with van der Waals surface area (Å²) in [5, 5.41) is 0. The van der Waals surface area contributed by atoms with E-state index in [0.717, 1.165) is 11.1 Å². The Balaban J connectivity index is 3.35. The van der Waals surface area contributed by atoms with Crippen LogP contribution in [0.1, 0.15) is 25.0 Å². The van der Waals surface area contributed by atoms with Gasteiger partial charge in [0.1, 0.15) is 5.82 Å². The number of hydrogen-bond acceptors (Lipinski definition) is 1. The van der Waals surface area contributed by atoms with Crippen LogP contribution in [0.4, 0.5) is 4.39 Å². The summed E-state index contributed by atoms with van der Waals surface area (Å²) in [7, 11) is 0. The zero-order chi connectivity index (χ0) is 10.2. The second-order valence-electron chi connectivity index (χ2n) is 3.76. The van der Waals surface area contributed by atoms with E-state index in [-0.39, 0.29) is 5.82 Å². The van der Waals surface area contributed by atoms with Crippen LogP contribution in [-0.4, -0.2) is 0 Å². The summed E-state index contributed by atoms with van der Waals surface area (Å²) in [6.45, 7) is 5.66. The highest BCUT2D eigenvalue weighted by molar-refractivity contribution is 9.10. The van der Waals surface area contributed by atoms with Gasteiger partial charge in [-0.05, 0) is 53.9 Å². The first kappa shape index (κ1) is 10.7. The molecule has 13 heavy (non-hydrogen) atoms. The molecule has 0 aliphatic heterocycles. The maximum atomic E-state index is 13.1. The van der Waals surface area contributed by atoms with Gasteiger partial charge in [0.25, 0.3) is 0 Å². The Morgan fingerprint density at radius 3 is 2.38 bits per heavy atom. The molecule has 0 spiro atoms. The lowest BCUT2D eigenvalue weighted by Crippen LogP contribution is -2.29. The third kappa shape index (κ3) is 2.09. The minimum atomic E-state index is -0.430. The first-order valence-electron chi connectivity index (χ1n) is 4.08. The minimum absolute atomic E-state index is 0.245. The minimum Gasteiger partial charge on any atom is -0.322 e. The molecule has 0 fully saturated rings. The smallest absolute Gasteiger partial charge is 0.137 e. The molecule has 0 atom stereocenters. The summed E-state index contributed by atoms with van der Waals surface area (Å²) < 4.78 is 13.6. The summed E-state index contributed by atoms with van der Waals surface area (Å²) in [5.41, 5.74) is 7.33. The Kier molecular flexibility index (Phi) is 2.78. The predicted molar refractivity (Wildman–Crippen MR) is 56.1 cm³/mol. The van der Waals surface area contributed by atoms with Crippen LogP contribution in [0.15, 0.2) is 16.6 Å². The molecule has 0 saturated carbocycles. The van der Waals surface area contributed by atoms with Gasteiger partial charge in [-0.1, -0.05) is 6.07 Å². The molecule has 1 aromatic rings. The van der Waals surface area contributed by atoms with Crippen molar-refractivity contribution in [1.29, 1.82) is 0 Å². The van der Waals surface area contributed by atoms with E-state index in [1.165, 1.54) is 6.07 Å². The highest BCUT2D eigenvalue weighted by atomic mass is 79.9. The number of benzene rings is 1. The standard InChI is InChI=1S/C10H13BrFN/c1-6-7(10(2,3)13)4-5-8(12)9(6)11/h4-5H,13H2,1-3H3. The fraction of sp³-hybridized carbons (Fsp3) is 0.400. The molecule has 1 aromatic carbocycles. The summed E-state index contributed by atoms with van der Waals surface area (Å²) in [6.07, 6.45) is 0. The molecule has 0 heterocycles. The van der Waals surface area contributed by atoms with E-state index in [2.05, 4.69) is 15.9 Å². The number of nitrogens with two attached hydrogens (primary N) is 1. The molecule has 0 amide bonds. The molecule has 0 radical (unpaired) electrons. The molecule has 2 N–H and O–H groups in total. The van der Waals surface area contributed by atoms with Gasteiger partial charge in [-0.3, -0.25) is 0 Å². The average Bonchev–Trinajstić information content (AvgIpc) is 1.98. The van der Waals surface area contributed by atoms with Gasteiger partial charge in [-0.2, -0.15) is 0 Å². The van der Waals surface area contributed by atoms with Crippen molar-refractivity contribution < 1.29 is 4.39 Å². The first-order chi connectivity index (χ1) is 5.84. The Morgan fingerprint density at radius 2 is 1.92 bits per heavy atom. The quantitative estimate of drug-likeness (QED) is 0.809. The fourth-order valence-corrected chi connectivity index (χ4v) is 1.70. The van der Waals surface area contributed by atoms with Crippen LogP contribution in [0.3, 0.4) is 0 Å². The van der Waals surface area contributed by atoms with Gasteiger partial charge in [-0.15, -0.1) is 0 Å². The lowest BCUT2D eigenvalue weighted by atomic mass is 9.91. The summed E-state index contributed by atoms with van der Waals surface area (Å²) >= 11 is 3.19. The highest BCUT2D eigenvalue weighted by Crippen LogP contribution is 2.28. The van der Waals surface area contributed by atoms with Crippen molar-refractivity contribution in [2.45, 2.75) is 26.3 Å². The fourth-order valence-electron chi connectivity index (χ4n) is 1.35. The topological polar surface area (TPSA) is 26.0 Å². The zero-order valence-electron chi connectivity index (χ0n) is 7.99. The molecule has 1 nitrogen and oxygen atoms in total. The molecule has 3 heteroatoms. The van der Waals surface area contributed by atoms with Crippen LogP contribution in [0.5, 0.6) is 0 Å². The Hall–Kier alpha value is -0.410. The van der Waals surface area contributed by atoms with E-state index < -0.39 is 5.54 Å². The highest BCUT2D eigenvalue weighted by Gasteiger charge is 2.19. The summed E-state index contributed by atoms with van der Waals surface area (Å²) in [5.74, 6) is -0.245. The van der Waals surface area contributed by atoms with Gasteiger partial charge in [0.05, 0.1) is 4.47 Å². The van der Waals surface area contributed by atoms with E-state index in [1.54, 1.807) is 6.07 Å². The van der Waals surface area contributed by atoms with Crippen molar-refractivity contribution in [3.05, 3.63) is 33.5 Å². The van der Waals surface area contributed by atoms with E-state index >= 15 is 0 Å². The normalized spacial score (nSPS) is 11.8. The molecule has 0 saturated heterocycles. The van der Waals surface area contributed by atoms with Crippen LogP contribution in [0.2, 0.25) is 0 Å². The zero-order valence-corrected chi connectivity index (χ0v) is 9.57. The number of rotatable bonds is 1. The second-order valence-corrected chi connectivity index (χ2v) is 4.55. The molecule has 1 rings (SSSR count). The monoisotopic (exact) mass is 245 g/mol. The van der Waals surface area contributed by atoms with Crippen LogP contribution >= 0.6 is 15.9 Å². The number of halogens is 2. The average molecular weight is 246 g/mol. The van der Waals surface area contributed by atoms with Crippen molar-refractivity contribution in [2.75, 3.05) is 0 Å². The first-order valence-corrected chi connectivity index (χ1v) is 4.87. The Morgan fingerprint density at radius 1 is 1.38 bits per heavy atom. The molecule has 0 aliphatic rings. The summed E-state index contributed by atoms with van der Waals surface area (Å²) in [4.78, 5) is 0. The van der Waals surface area contributed by atoms with Crippen molar-refractivity contribution in [3.8, 4) is 0 Å². The largest absolute Gasteiger partial charge is 0.322 e. The van der Waals surface area contributed by atoms with Gasteiger partial charge >= 0.3 is 0 Å². The van der Waals surface area contributed by atoms with Crippen molar-refractivity contribution in [1.82, 2.24) is 0 Å². The van der Waals surface area contributed by atoms with Gasteiger partial charge in [-0.25, -0.2) is 4.39 Å². The lowest BCUT2D eigenvalue weighted by Gasteiger charge is -2.22. The molecular weight excluding hydrogens is 233 g/mol. The van der Waals surface area contributed by atoms with Crippen LogP contribution in [-0.2, 0) is 5.54 Å². The third-order valence-corrected chi connectivity index (χ3v) is 3.01. The predicted octanol–water partition coefficient (Wildman–Crippen LogP) is 3.09. The molecule has 0 unspecified atom stereocenters. The molecule has 0 aliphatic carbocycles. The maximum absolute atomic E-state index is 13.1. The third-order valence-electron chi connectivity index (χ3n) is 2.03. The van der Waals surface area contributed by atoms with Crippen molar-refractivity contribution >= 4 is 15.9 Å². The van der Waals surface area contributed by atoms with Crippen LogP contribution in [0.25, 0.3) is 0 Å². The lowest BCUT2D eigenvalue weighted by molar-refractivity contribution is 0.545. The van der Waals surface area contributed by atoms with Gasteiger partial charge in [0, 0.05) is 5.54 Å². The van der Waals surface area contributed by atoms with Gasteiger partial charge in [0.2, 0.25) is 0 Å². The van der Waals surface area contributed by atoms with Crippen molar-refractivity contribution in [3.63, 3.8) is 0 Å². The Bertz CT molecular complexity index is 328. The van der Waals surface area contributed by atoms with Crippen LogP contribution < -0.4 is 5.73 Å². The molecule has 72 valence electrons. The van der Waals surface area contributed by atoms with Crippen molar-refractivity contribution in [2.24, 2.45) is 5.73 Å². The number of hydrogen-bond donors (Lipinski definition) is 1. The van der Waals surface area contributed by atoms with E-state index in [4.69, 9.17) is 5.73 Å². The molecule has 0 aromatic heterocycles. The van der Waals surface area contributed by atoms with E-state index in [9.17, 15) is 4.39 Å². The van der Waals surface area contributed by atoms with Gasteiger partial charge < -0.3 is 5.73 Å². The van der Waals surface area contributed by atoms with Gasteiger partial charge in [0.15, 0.2) is 0 Å². The van der Waals surface area contributed by atoms with Crippen LogP contribution in [0, 0.1) is 12.7 Å². The summed E-state index contributed by atoms with van der Waals surface area (Å²) in [6, 6.07) is 3.16.